The molecule has 4 aliphatic rings. The molecule has 3 heterocycles. The maximum atomic E-state index is 15.1. The third-order valence-electron chi connectivity index (χ3n) is 11.6. The highest BCUT2D eigenvalue weighted by Gasteiger charge is 2.79. The van der Waals surface area contributed by atoms with Crippen LogP contribution in [0.2, 0.25) is 0 Å². The van der Waals surface area contributed by atoms with Crippen molar-refractivity contribution in [1.29, 1.82) is 0 Å². The van der Waals surface area contributed by atoms with Crippen molar-refractivity contribution in [2.45, 2.75) is 115 Å². The van der Waals surface area contributed by atoms with Crippen LogP contribution in [0.4, 0.5) is 5.69 Å². The summed E-state index contributed by atoms with van der Waals surface area (Å²) in [7, 11) is 0. The Morgan fingerprint density at radius 1 is 1.06 bits per heavy atom. The number of rotatable bonds is 15. The molecule has 3 amide bonds. The molecular weight excluding hydrogens is 594 g/mol. The van der Waals surface area contributed by atoms with E-state index in [4.69, 9.17) is 9.47 Å². The lowest BCUT2D eigenvalue weighted by Crippen LogP contribution is -2.61. The van der Waals surface area contributed by atoms with E-state index in [2.05, 4.69) is 13.2 Å². The van der Waals surface area contributed by atoms with E-state index in [1.165, 1.54) is 0 Å². The van der Waals surface area contributed by atoms with Crippen molar-refractivity contribution in [2.75, 3.05) is 31.2 Å². The van der Waals surface area contributed by atoms with Crippen LogP contribution in [0.15, 0.2) is 49.6 Å². The molecule has 4 fully saturated rings. The highest BCUT2D eigenvalue weighted by molar-refractivity contribution is 6.03. The molecule has 1 N–H and O–H groups in total. The van der Waals surface area contributed by atoms with Gasteiger partial charge in [0, 0.05) is 24.8 Å². The Bertz CT molecular complexity index is 1310. The van der Waals surface area contributed by atoms with Crippen LogP contribution in [0, 0.1) is 17.8 Å². The monoisotopic (exact) mass is 649 g/mol. The minimum atomic E-state index is -1.17. The van der Waals surface area contributed by atoms with Crippen LogP contribution in [0.25, 0.3) is 0 Å². The van der Waals surface area contributed by atoms with Crippen molar-refractivity contribution in [3.05, 3.63) is 49.6 Å². The zero-order valence-corrected chi connectivity index (χ0v) is 28.9. The van der Waals surface area contributed by atoms with Crippen LogP contribution in [0.5, 0.6) is 5.75 Å². The number of hydrogen-bond donors (Lipinski definition) is 1. The smallest absolute Gasteiger partial charge is 0.248 e. The summed E-state index contributed by atoms with van der Waals surface area (Å²) >= 11 is 0. The number of carbonyl (C=O) groups excluding carboxylic acids is 3. The van der Waals surface area contributed by atoms with E-state index in [9.17, 15) is 9.90 Å². The molecule has 47 heavy (non-hydrogen) atoms. The summed E-state index contributed by atoms with van der Waals surface area (Å²) < 4.78 is 12.8. The van der Waals surface area contributed by atoms with Crippen molar-refractivity contribution in [3.63, 3.8) is 0 Å². The summed E-state index contributed by atoms with van der Waals surface area (Å²) in [5.41, 5.74) is -1.37. The molecule has 9 nitrogen and oxygen atoms in total. The van der Waals surface area contributed by atoms with Crippen molar-refractivity contribution < 1.29 is 29.0 Å². The minimum absolute atomic E-state index is 0.0525. The van der Waals surface area contributed by atoms with Crippen molar-refractivity contribution in [1.82, 2.24) is 9.80 Å². The number of aliphatic hydroxyl groups excluding tert-OH is 1. The lowest BCUT2D eigenvalue weighted by Gasteiger charge is -2.43. The maximum Gasteiger partial charge on any atom is 0.248 e. The number of likely N-dealkylation sites (tertiary alicyclic amines) is 1. The van der Waals surface area contributed by atoms with Gasteiger partial charge in [-0.05, 0) is 69.2 Å². The zero-order chi connectivity index (χ0) is 33.9. The first-order valence-electron chi connectivity index (χ1n) is 17.9. The summed E-state index contributed by atoms with van der Waals surface area (Å²) in [6, 6.07) is 5.92. The van der Waals surface area contributed by atoms with Crippen molar-refractivity contribution >= 4 is 23.4 Å². The molecule has 3 aliphatic heterocycles. The first kappa shape index (κ1) is 35.1. The van der Waals surface area contributed by atoms with Crippen LogP contribution < -0.4 is 9.64 Å². The van der Waals surface area contributed by atoms with Gasteiger partial charge in [0.15, 0.2) is 0 Å². The summed E-state index contributed by atoms with van der Waals surface area (Å²) in [4.78, 5) is 50.2. The second kappa shape index (κ2) is 14.5. The van der Waals surface area contributed by atoms with Gasteiger partial charge in [-0.25, -0.2) is 0 Å². The lowest BCUT2D eigenvalue weighted by molar-refractivity contribution is -0.159. The molecule has 5 rings (SSSR count). The molecule has 0 radical (unpaired) electrons. The van der Waals surface area contributed by atoms with E-state index in [1.807, 2.05) is 56.9 Å². The van der Waals surface area contributed by atoms with Gasteiger partial charge in [-0.1, -0.05) is 58.6 Å². The van der Waals surface area contributed by atoms with Crippen LogP contribution in [-0.2, 0) is 19.1 Å². The molecule has 3 saturated heterocycles. The van der Waals surface area contributed by atoms with Gasteiger partial charge >= 0.3 is 0 Å². The average Bonchev–Trinajstić information content (AvgIpc) is 3.70. The number of fused-ring (bicyclic) bond motifs is 1. The first-order valence-corrected chi connectivity index (χ1v) is 17.9. The van der Waals surface area contributed by atoms with Gasteiger partial charge in [0.05, 0.1) is 36.7 Å². The molecule has 1 aliphatic carbocycles. The standard InChI is InChI=1S/C38H55N3O6/c1-7-23-39(28-17-19-29(20-18-28)46-11-5)34(43)31-32-35(44)41(30(25-42)26(6)9-3)33(38(32)22-21-37(31,10-4)47-38)36(45)40(24-8-2)27-15-13-12-14-16-27/h7-8,17-20,26-27,30-33,42H,1-2,9-16,21-25H2,3-6H3/t26-,30-,31+,32-,33?,37-,38?/m0/s1. The summed E-state index contributed by atoms with van der Waals surface area (Å²) in [6.45, 7) is 16.8. The molecular formula is C38H55N3O6. The topological polar surface area (TPSA) is 99.6 Å². The fourth-order valence-corrected chi connectivity index (χ4v) is 9.10. The van der Waals surface area contributed by atoms with Gasteiger partial charge in [-0.2, -0.15) is 0 Å². The average molecular weight is 650 g/mol. The molecule has 1 saturated carbocycles. The normalized spacial score (nSPS) is 29.7. The number of aliphatic hydroxyl groups is 1. The summed E-state index contributed by atoms with van der Waals surface area (Å²) in [5, 5.41) is 10.8. The Labute approximate surface area is 280 Å². The second-order valence-corrected chi connectivity index (χ2v) is 13.9. The van der Waals surface area contributed by atoms with Gasteiger partial charge in [0.1, 0.15) is 17.4 Å². The Kier molecular flexibility index (Phi) is 10.9. The Morgan fingerprint density at radius 3 is 2.32 bits per heavy atom. The van der Waals surface area contributed by atoms with Gasteiger partial charge < -0.3 is 29.3 Å². The number of carbonyl (C=O) groups is 3. The Hall–Kier alpha value is -3.17. The molecule has 1 spiro atoms. The van der Waals surface area contributed by atoms with Crippen LogP contribution in [0.3, 0.4) is 0 Å². The fraction of sp³-hybridized carbons (Fsp3) is 0.658. The first-order chi connectivity index (χ1) is 22.7. The SMILES string of the molecule is C=CCN(C(=O)[C@H]1[C@H]2C(=O)N([C@@H](CO)[C@@H](C)CC)C(C(=O)N(CC=C)C3CCCCC3)C23CC[C@]1(CC)O3)c1ccc(OCC)cc1. The van der Waals surface area contributed by atoms with E-state index in [1.54, 1.807) is 22.0 Å². The molecule has 1 aromatic rings. The fourth-order valence-electron chi connectivity index (χ4n) is 9.10. The third kappa shape index (κ3) is 5.92. The zero-order valence-electron chi connectivity index (χ0n) is 28.9. The predicted molar refractivity (Wildman–Crippen MR) is 183 cm³/mol. The Balaban J connectivity index is 1.61. The number of hydrogen-bond acceptors (Lipinski definition) is 6. The summed E-state index contributed by atoms with van der Waals surface area (Å²) in [5.74, 6) is -1.61. The quantitative estimate of drug-likeness (QED) is 0.252. The molecule has 9 heteroatoms. The van der Waals surface area contributed by atoms with Crippen molar-refractivity contribution in [3.8, 4) is 5.75 Å². The molecule has 2 unspecified atom stereocenters. The van der Waals surface area contributed by atoms with E-state index < -0.39 is 35.1 Å². The highest BCUT2D eigenvalue weighted by atomic mass is 16.5. The van der Waals surface area contributed by atoms with E-state index >= 15 is 9.59 Å². The van der Waals surface area contributed by atoms with Gasteiger partial charge in [-0.15, -0.1) is 13.2 Å². The lowest BCUT2D eigenvalue weighted by atomic mass is 9.64. The number of amides is 3. The van der Waals surface area contributed by atoms with E-state index in [0.717, 1.165) is 38.5 Å². The third-order valence-corrected chi connectivity index (χ3v) is 11.6. The van der Waals surface area contributed by atoms with E-state index in [0.29, 0.717) is 43.9 Å². The molecule has 0 aromatic heterocycles. The molecule has 7 atom stereocenters. The van der Waals surface area contributed by atoms with Crippen LogP contribution in [-0.4, -0.2) is 88.3 Å². The van der Waals surface area contributed by atoms with Crippen molar-refractivity contribution in [2.24, 2.45) is 17.8 Å². The van der Waals surface area contributed by atoms with Gasteiger partial charge in [0.2, 0.25) is 17.7 Å². The number of nitrogens with zero attached hydrogens (tertiary/aromatic N) is 3. The maximum absolute atomic E-state index is 15.1. The van der Waals surface area contributed by atoms with E-state index in [-0.39, 0.29) is 42.8 Å². The van der Waals surface area contributed by atoms with Crippen LogP contribution in [0.1, 0.15) is 85.5 Å². The summed E-state index contributed by atoms with van der Waals surface area (Å²) in [6.07, 6.45) is 10.9. The number of anilines is 1. The van der Waals surface area contributed by atoms with Crippen LogP contribution >= 0.6 is 0 Å². The highest BCUT2D eigenvalue weighted by Crippen LogP contribution is 2.65. The van der Waals surface area contributed by atoms with Gasteiger partial charge in [-0.3, -0.25) is 14.4 Å². The second-order valence-electron chi connectivity index (χ2n) is 13.9. The molecule has 258 valence electrons. The molecule has 1 aromatic carbocycles. The molecule has 2 bridgehead atoms. The predicted octanol–water partition coefficient (Wildman–Crippen LogP) is 5.51. The number of ether oxygens (including phenoxy) is 2. The minimum Gasteiger partial charge on any atom is -0.494 e. The number of benzene rings is 1. The Morgan fingerprint density at radius 2 is 1.74 bits per heavy atom. The largest absolute Gasteiger partial charge is 0.494 e. The van der Waals surface area contributed by atoms with Gasteiger partial charge in [0.25, 0.3) is 0 Å².